The Bertz CT molecular complexity index is 383. The van der Waals surface area contributed by atoms with Gasteiger partial charge in [0.15, 0.2) is 0 Å². The molecule has 0 atom stereocenters. The number of anilines is 1. The lowest BCUT2D eigenvalue weighted by molar-refractivity contribution is 0.127. The maximum Gasteiger partial charge on any atom is 0.0992 e. The molecule has 0 amide bonds. The summed E-state index contributed by atoms with van der Waals surface area (Å²) in [6, 6.07) is 9.53. The van der Waals surface area contributed by atoms with E-state index in [1.807, 2.05) is 18.2 Å². The van der Waals surface area contributed by atoms with Crippen molar-refractivity contribution in [3.8, 4) is 6.07 Å². The molecule has 92 valence electrons. The molecular formula is C14H20N2O. The van der Waals surface area contributed by atoms with E-state index in [4.69, 9.17) is 5.26 Å². The average Bonchev–Trinajstić information content (AvgIpc) is 2.41. The van der Waals surface area contributed by atoms with Crippen molar-refractivity contribution in [2.24, 2.45) is 5.41 Å². The van der Waals surface area contributed by atoms with Crippen molar-refractivity contribution in [3.63, 3.8) is 0 Å². The Morgan fingerprint density at radius 2 is 2.06 bits per heavy atom. The van der Waals surface area contributed by atoms with Crippen LogP contribution in [0.1, 0.15) is 32.3 Å². The molecule has 1 aromatic rings. The number of benzene rings is 1. The Hall–Kier alpha value is -1.53. The predicted octanol–water partition coefficient (Wildman–Crippen LogP) is 2.77. The van der Waals surface area contributed by atoms with Crippen LogP contribution >= 0.6 is 0 Å². The van der Waals surface area contributed by atoms with Gasteiger partial charge in [-0.25, -0.2) is 0 Å². The number of nitrogens with one attached hydrogen (secondary N) is 1. The highest BCUT2D eigenvalue weighted by Crippen LogP contribution is 2.26. The molecule has 0 radical (unpaired) electrons. The van der Waals surface area contributed by atoms with Crippen LogP contribution in [-0.2, 0) is 0 Å². The summed E-state index contributed by atoms with van der Waals surface area (Å²) in [7, 11) is 0. The monoisotopic (exact) mass is 232 g/mol. The second-order valence-corrected chi connectivity index (χ2v) is 4.41. The number of hydrogen-bond acceptors (Lipinski definition) is 3. The second kappa shape index (κ2) is 6.27. The van der Waals surface area contributed by atoms with E-state index in [0.29, 0.717) is 5.56 Å². The number of nitrogens with zero attached hydrogens (tertiary/aromatic N) is 1. The summed E-state index contributed by atoms with van der Waals surface area (Å²) in [6.07, 6.45) is 1.87. The SMILES string of the molecule is CCC(CC)(CO)CNc1cccc(C#N)c1. The van der Waals surface area contributed by atoms with Gasteiger partial charge in [-0.3, -0.25) is 0 Å². The quantitative estimate of drug-likeness (QED) is 0.793. The first-order chi connectivity index (χ1) is 8.19. The molecule has 0 saturated heterocycles. The fourth-order valence-corrected chi connectivity index (χ4v) is 1.77. The summed E-state index contributed by atoms with van der Waals surface area (Å²) < 4.78 is 0. The molecule has 0 spiro atoms. The van der Waals surface area contributed by atoms with Crippen molar-refractivity contribution in [1.29, 1.82) is 5.26 Å². The third-order valence-corrected chi connectivity index (χ3v) is 3.49. The molecule has 0 aliphatic carbocycles. The van der Waals surface area contributed by atoms with Crippen molar-refractivity contribution in [2.45, 2.75) is 26.7 Å². The molecule has 0 bridgehead atoms. The standard InChI is InChI=1S/C14H20N2O/c1-3-14(4-2,11-17)10-16-13-7-5-6-12(8-13)9-15/h5-8,16-17H,3-4,10-11H2,1-2H3. The maximum absolute atomic E-state index is 9.46. The molecule has 1 aromatic carbocycles. The molecule has 17 heavy (non-hydrogen) atoms. The average molecular weight is 232 g/mol. The van der Waals surface area contributed by atoms with Gasteiger partial charge in [-0.2, -0.15) is 5.26 Å². The van der Waals surface area contributed by atoms with Gasteiger partial charge in [0.05, 0.1) is 18.2 Å². The fraction of sp³-hybridized carbons (Fsp3) is 0.500. The van der Waals surface area contributed by atoms with Crippen LogP contribution < -0.4 is 5.32 Å². The zero-order valence-electron chi connectivity index (χ0n) is 10.5. The third-order valence-electron chi connectivity index (χ3n) is 3.49. The molecule has 3 heteroatoms. The lowest BCUT2D eigenvalue weighted by Gasteiger charge is -2.30. The van der Waals surface area contributed by atoms with Gasteiger partial charge in [0.2, 0.25) is 0 Å². The Labute approximate surface area is 103 Å². The van der Waals surface area contributed by atoms with E-state index >= 15 is 0 Å². The van der Waals surface area contributed by atoms with Gasteiger partial charge < -0.3 is 10.4 Å². The summed E-state index contributed by atoms with van der Waals surface area (Å²) in [4.78, 5) is 0. The normalized spacial score (nSPS) is 10.9. The molecule has 0 aliphatic heterocycles. The van der Waals surface area contributed by atoms with Gasteiger partial charge in [0.1, 0.15) is 0 Å². The molecule has 0 heterocycles. The lowest BCUT2D eigenvalue weighted by Crippen LogP contribution is -2.32. The second-order valence-electron chi connectivity index (χ2n) is 4.41. The molecule has 1 rings (SSSR count). The smallest absolute Gasteiger partial charge is 0.0992 e. The van der Waals surface area contributed by atoms with Crippen LogP contribution in [0.25, 0.3) is 0 Å². The third kappa shape index (κ3) is 3.47. The number of rotatable bonds is 6. The summed E-state index contributed by atoms with van der Waals surface area (Å²) >= 11 is 0. The molecule has 0 aliphatic rings. The van der Waals surface area contributed by atoms with Gasteiger partial charge in [-0.1, -0.05) is 19.9 Å². The molecule has 0 saturated carbocycles. The molecule has 2 N–H and O–H groups in total. The highest BCUT2D eigenvalue weighted by atomic mass is 16.3. The summed E-state index contributed by atoms with van der Waals surface area (Å²) in [5, 5.41) is 21.6. The predicted molar refractivity (Wildman–Crippen MR) is 69.7 cm³/mol. The topological polar surface area (TPSA) is 56.0 Å². The number of aliphatic hydroxyl groups is 1. The molecule has 0 unspecified atom stereocenters. The maximum atomic E-state index is 9.46. The van der Waals surface area contributed by atoms with Crippen LogP contribution in [0.3, 0.4) is 0 Å². The van der Waals surface area contributed by atoms with Crippen molar-refractivity contribution in [3.05, 3.63) is 29.8 Å². The van der Waals surface area contributed by atoms with Crippen LogP contribution in [0.15, 0.2) is 24.3 Å². The van der Waals surface area contributed by atoms with E-state index in [-0.39, 0.29) is 12.0 Å². The summed E-state index contributed by atoms with van der Waals surface area (Å²) in [5.41, 5.74) is 1.52. The lowest BCUT2D eigenvalue weighted by atomic mass is 9.83. The van der Waals surface area contributed by atoms with Crippen LogP contribution in [0, 0.1) is 16.7 Å². The van der Waals surface area contributed by atoms with E-state index in [0.717, 1.165) is 25.1 Å². The van der Waals surface area contributed by atoms with Crippen LogP contribution in [-0.4, -0.2) is 18.3 Å². The van der Waals surface area contributed by atoms with Crippen molar-refractivity contribution in [1.82, 2.24) is 0 Å². The molecule has 0 aromatic heterocycles. The van der Waals surface area contributed by atoms with E-state index in [9.17, 15) is 5.11 Å². The fourth-order valence-electron chi connectivity index (χ4n) is 1.77. The van der Waals surface area contributed by atoms with E-state index in [2.05, 4.69) is 25.2 Å². The van der Waals surface area contributed by atoms with Crippen molar-refractivity contribution in [2.75, 3.05) is 18.5 Å². The Kier molecular flexibility index (Phi) is 4.99. The first kappa shape index (κ1) is 13.5. The minimum Gasteiger partial charge on any atom is -0.396 e. The van der Waals surface area contributed by atoms with Crippen molar-refractivity contribution < 1.29 is 5.11 Å². The molecular weight excluding hydrogens is 212 g/mol. The molecule has 0 fully saturated rings. The highest BCUT2D eigenvalue weighted by molar-refractivity contribution is 5.49. The summed E-state index contributed by atoms with van der Waals surface area (Å²) in [6.45, 7) is 5.09. The Morgan fingerprint density at radius 1 is 1.35 bits per heavy atom. The zero-order valence-corrected chi connectivity index (χ0v) is 10.5. The number of hydrogen-bond donors (Lipinski definition) is 2. The Balaban J connectivity index is 2.69. The zero-order chi connectivity index (χ0) is 12.7. The van der Waals surface area contributed by atoms with E-state index in [1.54, 1.807) is 6.07 Å². The summed E-state index contributed by atoms with van der Waals surface area (Å²) in [5.74, 6) is 0. The first-order valence-electron chi connectivity index (χ1n) is 6.04. The Morgan fingerprint density at radius 3 is 2.59 bits per heavy atom. The van der Waals surface area contributed by atoms with Gasteiger partial charge in [0.25, 0.3) is 0 Å². The van der Waals surface area contributed by atoms with Gasteiger partial charge in [0, 0.05) is 17.6 Å². The van der Waals surface area contributed by atoms with Crippen LogP contribution in [0.5, 0.6) is 0 Å². The number of nitriles is 1. The van der Waals surface area contributed by atoms with Gasteiger partial charge in [-0.05, 0) is 31.0 Å². The van der Waals surface area contributed by atoms with Crippen LogP contribution in [0.2, 0.25) is 0 Å². The minimum absolute atomic E-state index is 0.0668. The van der Waals surface area contributed by atoms with Gasteiger partial charge in [-0.15, -0.1) is 0 Å². The van der Waals surface area contributed by atoms with Gasteiger partial charge >= 0.3 is 0 Å². The largest absolute Gasteiger partial charge is 0.396 e. The van der Waals surface area contributed by atoms with Crippen molar-refractivity contribution >= 4 is 5.69 Å². The van der Waals surface area contributed by atoms with E-state index in [1.165, 1.54) is 0 Å². The minimum atomic E-state index is -0.0668. The first-order valence-corrected chi connectivity index (χ1v) is 6.04. The van der Waals surface area contributed by atoms with E-state index < -0.39 is 0 Å². The number of aliphatic hydroxyl groups excluding tert-OH is 1. The van der Waals surface area contributed by atoms with Crippen LogP contribution in [0.4, 0.5) is 5.69 Å². The molecule has 3 nitrogen and oxygen atoms in total. The highest BCUT2D eigenvalue weighted by Gasteiger charge is 2.24.